The number of hydrogen-bond donors (Lipinski definition) is 1. The Hall–Kier alpha value is -1.19. The summed E-state index contributed by atoms with van der Waals surface area (Å²) < 4.78 is 10.9. The lowest BCUT2D eigenvalue weighted by atomic mass is 9.90. The molecule has 1 aromatic carbocycles. The third-order valence-electron chi connectivity index (χ3n) is 3.90. The molecule has 0 saturated carbocycles. The third-order valence-corrected chi connectivity index (χ3v) is 4.35. The highest BCUT2D eigenvalue weighted by Gasteiger charge is 2.19. The Morgan fingerprint density at radius 3 is 2.95 bits per heavy atom. The summed E-state index contributed by atoms with van der Waals surface area (Å²) in [5.74, 6) is 1.47. The van der Waals surface area contributed by atoms with Gasteiger partial charge in [0.15, 0.2) is 11.3 Å². The molecule has 0 spiro atoms. The van der Waals surface area contributed by atoms with Crippen LogP contribution in [0.5, 0.6) is 5.75 Å². The first-order valence-electron chi connectivity index (χ1n) is 6.73. The molecule has 1 aromatic heterocycles. The smallest absolute Gasteiger partial charge is 0.177 e. The van der Waals surface area contributed by atoms with Crippen molar-refractivity contribution in [2.45, 2.75) is 19.3 Å². The molecule has 1 N–H and O–H groups in total. The number of nitrogens with one attached hydrogen (secondary N) is 1. The second-order valence-electron chi connectivity index (χ2n) is 5.11. The quantitative estimate of drug-likeness (QED) is 0.931. The molecule has 1 aliphatic rings. The van der Waals surface area contributed by atoms with Gasteiger partial charge in [0.05, 0.1) is 18.4 Å². The predicted molar refractivity (Wildman–Crippen MR) is 77.1 cm³/mol. The van der Waals surface area contributed by atoms with Crippen molar-refractivity contribution in [3.63, 3.8) is 0 Å². The van der Waals surface area contributed by atoms with Gasteiger partial charge in [-0.15, -0.1) is 0 Å². The van der Waals surface area contributed by atoms with Crippen molar-refractivity contribution in [1.82, 2.24) is 5.32 Å². The van der Waals surface area contributed by atoms with Crippen LogP contribution in [-0.2, 0) is 6.42 Å². The van der Waals surface area contributed by atoms with Gasteiger partial charge in [0.2, 0.25) is 0 Å². The molecule has 3 rings (SSSR count). The van der Waals surface area contributed by atoms with E-state index in [1.807, 2.05) is 12.1 Å². The summed E-state index contributed by atoms with van der Waals surface area (Å²) in [5.41, 5.74) is 1.90. The highest BCUT2D eigenvalue weighted by atomic mass is 35.5. The van der Waals surface area contributed by atoms with Gasteiger partial charge < -0.3 is 14.5 Å². The molecule has 0 radical (unpaired) electrons. The molecular formula is C15H18ClNO2. The van der Waals surface area contributed by atoms with E-state index in [9.17, 15) is 0 Å². The van der Waals surface area contributed by atoms with Crippen molar-refractivity contribution >= 4 is 22.6 Å². The van der Waals surface area contributed by atoms with Crippen LogP contribution < -0.4 is 10.1 Å². The minimum absolute atomic E-state index is 0.702. The third kappa shape index (κ3) is 2.45. The average Bonchev–Trinajstić information content (AvgIpc) is 2.93. The molecule has 0 bridgehead atoms. The minimum Gasteiger partial charge on any atom is -0.493 e. The molecule has 0 aliphatic carbocycles. The van der Waals surface area contributed by atoms with Gasteiger partial charge in [-0.1, -0.05) is 11.6 Å². The van der Waals surface area contributed by atoms with Crippen LogP contribution in [0.4, 0.5) is 0 Å². The van der Waals surface area contributed by atoms with Gasteiger partial charge in [0, 0.05) is 5.39 Å². The van der Waals surface area contributed by atoms with Crippen LogP contribution in [0.1, 0.15) is 18.4 Å². The molecule has 4 heteroatoms. The van der Waals surface area contributed by atoms with Gasteiger partial charge in [-0.05, 0) is 56.0 Å². The highest BCUT2D eigenvalue weighted by Crippen LogP contribution is 2.37. The maximum Gasteiger partial charge on any atom is 0.177 e. The van der Waals surface area contributed by atoms with E-state index in [4.69, 9.17) is 20.8 Å². The van der Waals surface area contributed by atoms with E-state index in [1.165, 1.54) is 18.4 Å². The monoisotopic (exact) mass is 279 g/mol. The van der Waals surface area contributed by atoms with Gasteiger partial charge >= 0.3 is 0 Å². The number of halogens is 1. The van der Waals surface area contributed by atoms with E-state index in [0.29, 0.717) is 5.92 Å². The Morgan fingerprint density at radius 2 is 2.21 bits per heavy atom. The molecule has 0 atom stereocenters. The molecule has 0 amide bonds. The summed E-state index contributed by atoms with van der Waals surface area (Å²) >= 11 is 6.50. The minimum atomic E-state index is 0.702. The Balaban J connectivity index is 1.95. The summed E-state index contributed by atoms with van der Waals surface area (Å²) in [5, 5.41) is 5.15. The first kappa shape index (κ1) is 12.8. The number of furan rings is 1. The molecule has 1 saturated heterocycles. The normalized spacial score (nSPS) is 16.9. The maximum absolute atomic E-state index is 6.50. The molecule has 19 heavy (non-hydrogen) atoms. The fourth-order valence-electron chi connectivity index (χ4n) is 2.83. The zero-order valence-electron chi connectivity index (χ0n) is 11.0. The fraction of sp³-hybridized carbons (Fsp3) is 0.467. The van der Waals surface area contributed by atoms with E-state index >= 15 is 0 Å². The second kappa shape index (κ2) is 5.43. The number of fused-ring (bicyclic) bond motifs is 1. The molecule has 102 valence electrons. The van der Waals surface area contributed by atoms with Crippen LogP contribution >= 0.6 is 11.6 Å². The first-order chi connectivity index (χ1) is 9.29. The highest BCUT2D eigenvalue weighted by molar-refractivity contribution is 6.36. The van der Waals surface area contributed by atoms with Crippen LogP contribution in [0.25, 0.3) is 11.0 Å². The Labute approximate surface area is 117 Å². The Bertz CT molecular complexity index is 573. The van der Waals surface area contributed by atoms with Crippen LogP contribution in [0.15, 0.2) is 22.8 Å². The van der Waals surface area contributed by atoms with Crippen LogP contribution in [0.3, 0.4) is 0 Å². The lowest BCUT2D eigenvalue weighted by molar-refractivity contribution is 0.371. The van der Waals surface area contributed by atoms with Gasteiger partial charge in [0.1, 0.15) is 0 Å². The largest absolute Gasteiger partial charge is 0.493 e. The van der Waals surface area contributed by atoms with E-state index < -0.39 is 0 Å². The second-order valence-corrected chi connectivity index (χ2v) is 5.49. The lowest BCUT2D eigenvalue weighted by Gasteiger charge is -2.23. The standard InChI is InChI=1S/C15H18ClNO2/c1-18-13-9-11(8-10-2-5-17-6-3-10)14(16)12-4-7-19-15(12)13/h4,7,9-10,17H,2-3,5-6,8H2,1H3. The van der Waals surface area contributed by atoms with Gasteiger partial charge in [-0.3, -0.25) is 0 Å². The van der Waals surface area contributed by atoms with E-state index in [0.717, 1.165) is 41.3 Å². The number of piperidine rings is 1. The van der Waals surface area contributed by atoms with Crippen LogP contribution in [-0.4, -0.2) is 20.2 Å². The fourth-order valence-corrected chi connectivity index (χ4v) is 3.11. The Morgan fingerprint density at radius 1 is 1.42 bits per heavy atom. The van der Waals surface area contributed by atoms with Crippen LogP contribution in [0.2, 0.25) is 5.02 Å². The molecule has 1 fully saturated rings. The number of methoxy groups -OCH3 is 1. The molecule has 0 unspecified atom stereocenters. The molecule has 1 aliphatic heterocycles. The summed E-state index contributed by atoms with van der Waals surface area (Å²) in [6, 6.07) is 3.93. The molecule has 2 heterocycles. The Kier molecular flexibility index (Phi) is 3.67. The summed E-state index contributed by atoms with van der Waals surface area (Å²) in [7, 11) is 1.67. The first-order valence-corrected chi connectivity index (χ1v) is 7.10. The zero-order valence-corrected chi connectivity index (χ0v) is 11.8. The predicted octanol–water partition coefficient (Wildman–Crippen LogP) is 3.64. The van der Waals surface area contributed by atoms with E-state index in [1.54, 1.807) is 13.4 Å². The van der Waals surface area contributed by atoms with Crippen LogP contribution in [0, 0.1) is 5.92 Å². The molecule has 3 nitrogen and oxygen atoms in total. The number of hydrogen-bond acceptors (Lipinski definition) is 3. The SMILES string of the molecule is COc1cc(CC2CCNCC2)c(Cl)c2ccoc12. The average molecular weight is 280 g/mol. The summed E-state index contributed by atoms with van der Waals surface area (Å²) in [6.07, 6.45) is 5.09. The molecule has 2 aromatic rings. The van der Waals surface area contributed by atoms with Crippen molar-refractivity contribution in [1.29, 1.82) is 0 Å². The summed E-state index contributed by atoms with van der Waals surface area (Å²) in [6.45, 7) is 2.21. The lowest BCUT2D eigenvalue weighted by Crippen LogP contribution is -2.28. The van der Waals surface area contributed by atoms with Gasteiger partial charge in [-0.25, -0.2) is 0 Å². The summed E-state index contributed by atoms with van der Waals surface area (Å²) in [4.78, 5) is 0. The maximum atomic E-state index is 6.50. The topological polar surface area (TPSA) is 34.4 Å². The zero-order chi connectivity index (χ0) is 13.2. The van der Waals surface area contributed by atoms with Crippen molar-refractivity contribution in [2.75, 3.05) is 20.2 Å². The molecular weight excluding hydrogens is 262 g/mol. The van der Waals surface area contributed by atoms with Gasteiger partial charge in [-0.2, -0.15) is 0 Å². The van der Waals surface area contributed by atoms with E-state index in [-0.39, 0.29) is 0 Å². The van der Waals surface area contributed by atoms with Crippen molar-refractivity contribution < 1.29 is 9.15 Å². The van der Waals surface area contributed by atoms with Crippen molar-refractivity contribution in [2.24, 2.45) is 5.92 Å². The number of ether oxygens (including phenoxy) is 1. The van der Waals surface area contributed by atoms with E-state index in [2.05, 4.69) is 5.32 Å². The van der Waals surface area contributed by atoms with Crippen molar-refractivity contribution in [3.8, 4) is 5.75 Å². The number of rotatable bonds is 3. The van der Waals surface area contributed by atoms with Gasteiger partial charge in [0.25, 0.3) is 0 Å². The van der Waals surface area contributed by atoms with Crippen molar-refractivity contribution in [3.05, 3.63) is 29.0 Å². The number of benzene rings is 1.